The topological polar surface area (TPSA) is 68.9 Å². The fraction of sp³-hybridized carbons (Fsp3) is 0.316. The van der Waals surface area contributed by atoms with E-state index in [0.29, 0.717) is 24.0 Å². The molecule has 0 aliphatic heterocycles. The second-order valence-electron chi connectivity index (χ2n) is 5.71. The van der Waals surface area contributed by atoms with Gasteiger partial charge in [0.1, 0.15) is 0 Å². The average molecular weight is 327 g/mol. The molecular formula is C19H25N3O2. The zero-order valence-electron chi connectivity index (χ0n) is 14.7. The van der Waals surface area contributed by atoms with Gasteiger partial charge in [0.25, 0.3) is 0 Å². The third-order valence-corrected chi connectivity index (χ3v) is 3.62. The van der Waals surface area contributed by atoms with Gasteiger partial charge < -0.3 is 20.5 Å². The Balaban J connectivity index is 1.96. The predicted octanol–water partition coefficient (Wildman–Crippen LogP) is 3.29. The van der Waals surface area contributed by atoms with Gasteiger partial charge in [0.2, 0.25) is 0 Å². The van der Waals surface area contributed by atoms with Crippen molar-refractivity contribution in [3.63, 3.8) is 0 Å². The number of methoxy groups -OCH3 is 2. The Morgan fingerprint density at radius 3 is 2.29 bits per heavy atom. The summed E-state index contributed by atoms with van der Waals surface area (Å²) in [5, 5.41) is 3.07. The number of anilines is 1. The number of rotatable bonds is 6. The summed E-state index contributed by atoms with van der Waals surface area (Å²) in [6.45, 7) is 4.84. The van der Waals surface area contributed by atoms with E-state index in [1.54, 1.807) is 14.2 Å². The average Bonchev–Trinajstić information content (AvgIpc) is 2.53. The lowest BCUT2D eigenvalue weighted by Gasteiger charge is -2.11. The van der Waals surface area contributed by atoms with Crippen molar-refractivity contribution in [3.8, 4) is 11.5 Å². The molecule has 0 radical (unpaired) electrons. The largest absolute Gasteiger partial charge is 0.493 e. The van der Waals surface area contributed by atoms with Crippen molar-refractivity contribution in [2.75, 3.05) is 26.1 Å². The number of aryl methyl sites for hydroxylation is 2. The summed E-state index contributed by atoms with van der Waals surface area (Å²) < 4.78 is 10.5. The van der Waals surface area contributed by atoms with Crippen molar-refractivity contribution in [3.05, 3.63) is 53.1 Å². The Morgan fingerprint density at radius 2 is 1.67 bits per heavy atom. The van der Waals surface area contributed by atoms with Crippen molar-refractivity contribution < 1.29 is 9.47 Å². The molecule has 3 N–H and O–H groups in total. The molecule has 5 nitrogen and oxygen atoms in total. The first-order chi connectivity index (χ1) is 11.5. The van der Waals surface area contributed by atoms with Gasteiger partial charge in [-0.25, -0.2) is 0 Å². The first-order valence-corrected chi connectivity index (χ1v) is 7.88. The summed E-state index contributed by atoms with van der Waals surface area (Å²) in [7, 11) is 3.21. The molecular weight excluding hydrogens is 302 g/mol. The van der Waals surface area contributed by atoms with Crippen LogP contribution < -0.4 is 20.5 Å². The van der Waals surface area contributed by atoms with Crippen LogP contribution in [-0.2, 0) is 6.42 Å². The number of nitrogens with zero attached hydrogens (tertiary/aromatic N) is 1. The number of nitrogens with two attached hydrogens (primary N) is 1. The summed E-state index contributed by atoms with van der Waals surface area (Å²) in [5.74, 6) is 1.70. The highest BCUT2D eigenvalue weighted by Crippen LogP contribution is 2.29. The van der Waals surface area contributed by atoms with Crippen LogP contribution in [0, 0.1) is 13.8 Å². The first kappa shape index (κ1) is 17.7. The smallest absolute Gasteiger partial charge is 0.193 e. The summed E-state index contributed by atoms with van der Waals surface area (Å²) in [6.07, 6.45) is 0.858. The Kier molecular flexibility index (Phi) is 6.07. The number of aliphatic imine (C=N–C) groups is 1. The Hall–Kier alpha value is -2.69. The number of nitrogens with one attached hydrogen (secondary N) is 1. The number of guanidine groups is 1. The number of ether oxygens (including phenoxy) is 2. The lowest BCUT2D eigenvalue weighted by molar-refractivity contribution is 0.355. The van der Waals surface area contributed by atoms with E-state index in [4.69, 9.17) is 15.2 Å². The molecule has 0 unspecified atom stereocenters. The maximum absolute atomic E-state index is 5.96. The summed E-state index contributed by atoms with van der Waals surface area (Å²) >= 11 is 0. The first-order valence-electron chi connectivity index (χ1n) is 7.88. The minimum Gasteiger partial charge on any atom is -0.493 e. The summed E-state index contributed by atoms with van der Waals surface area (Å²) in [6, 6.07) is 12.0. The zero-order chi connectivity index (χ0) is 17.5. The molecule has 0 saturated carbocycles. The standard InChI is InChI=1S/C19H25N3O2/c1-13-9-14(2)11-15(10-13)7-8-21-19(20)22-16-5-6-17(23-3)18(12-16)24-4/h5-6,9-12H,7-8H2,1-4H3,(H3,20,21,22). The molecule has 0 amide bonds. The number of hydrogen-bond donors (Lipinski definition) is 2. The van der Waals surface area contributed by atoms with Crippen molar-refractivity contribution in [2.24, 2.45) is 10.7 Å². The van der Waals surface area contributed by atoms with Crippen LogP contribution in [0.25, 0.3) is 0 Å². The van der Waals surface area contributed by atoms with E-state index in [-0.39, 0.29) is 0 Å². The highest BCUT2D eigenvalue weighted by atomic mass is 16.5. The van der Waals surface area contributed by atoms with Crippen LogP contribution >= 0.6 is 0 Å². The van der Waals surface area contributed by atoms with Crippen molar-refractivity contribution in [1.29, 1.82) is 0 Å². The molecule has 0 fully saturated rings. The molecule has 0 saturated heterocycles. The molecule has 5 heteroatoms. The fourth-order valence-electron chi connectivity index (χ4n) is 2.62. The molecule has 0 aliphatic carbocycles. The van der Waals surface area contributed by atoms with Gasteiger partial charge >= 0.3 is 0 Å². The highest BCUT2D eigenvalue weighted by molar-refractivity contribution is 5.92. The van der Waals surface area contributed by atoms with Crippen LogP contribution in [-0.4, -0.2) is 26.7 Å². The zero-order valence-corrected chi connectivity index (χ0v) is 14.7. The van der Waals surface area contributed by atoms with E-state index in [1.807, 2.05) is 18.2 Å². The molecule has 0 spiro atoms. The lowest BCUT2D eigenvalue weighted by atomic mass is 10.1. The Bertz CT molecular complexity index is 706. The maximum Gasteiger partial charge on any atom is 0.193 e. The molecule has 128 valence electrons. The quantitative estimate of drug-likeness (QED) is 0.631. The third kappa shape index (κ3) is 4.91. The van der Waals surface area contributed by atoms with Gasteiger partial charge in [0, 0.05) is 18.3 Å². The van der Waals surface area contributed by atoms with Crippen LogP contribution in [0.15, 0.2) is 41.4 Å². The van der Waals surface area contributed by atoms with Crippen molar-refractivity contribution in [1.82, 2.24) is 0 Å². The monoisotopic (exact) mass is 327 g/mol. The van der Waals surface area contributed by atoms with Crippen LogP contribution in [0.2, 0.25) is 0 Å². The van der Waals surface area contributed by atoms with Gasteiger partial charge in [-0.3, -0.25) is 4.99 Å². The normalized spacial score (nSPS) is 11.2. The van der Waals surface area contributed by atoms with E-state index in [9.17, 15) is 0 Å². The van der Waals surface area contributed by atoms with Gasteiger partial charge in [-0.05, 0) is 38.0 Å². The Morgan fingerprint density at radius 1 is 1.00 bits per heavy atom. The molecule has 2 aromatic rings. The van der Waals surface area contributed by atoms with Gasteiger partial charge in [-0.2, -0.15) is 0 Å². The second-order valence-corrected chi connectivity index (χ2v) is 5.71. The van der Waals surface area contributed by atoms with Gasteiger partial charge in [0.05, 0.1) is 14.2 Å². The molecule has 0 aromatic heterocycles. The van der Waals surface area contributed by atoms with Crippen molar-refractivity contribution >= 4 is 11.6 Å². The van der Waals surface area contributed by atoms with Crippen LogP contribution in [0.4, 0.5) is 5.69 Å². The SMILES string of the molecule is COc1ccc(NC(N)=NCCc2cc(C)cc(C)c2)cc1OC. The third-order valence-electron chi connectivity index (χ3n) is 3.62. The van der Waals surface area contributed by atoms with Crippen LogP contribution in [0.3, 0.4) is 0 Å². The maximum atomic E-state index is 5.96. The minimum absolute atomic E-state index is 0.381. The summed E-state index contributed by atoms with van der Waals surface area (Å²) in [4.78, 5) is 4.38. The Labute approximate surface area is 143 Å². The molecule has 0 atom stereocenters. The fourth-order valence-corrected chi connectivity index (χ4v) is 2.62. The van der Waals surface area contributed by atoms with E-state index >= 15 is 0 Å². The van der Waals surface area contributed by atoms with E-state index in [1.165, 1.54) is 16.7 Å². The van der Waals surface area contributed by atoms with Gasteiger partial charge in [0.15, 0.2) is 17.5 Å². The molecule has 0 bridgehead atoms. The van der Waals surface area contributed by atoms with Crippen LogP contribution in [0.5, 0.6) is 11.5 Å². The van der Waals surface area contributed by atoms with Gasteiger partial charge in [-0.1, -0.05) is 29.3 Å². The molecule has 0 aliphatic rings. The van der Waals surface area contributed by atoms with Crippen molar-refractivity contribution in [2.45, 2.75) is 20.3 Å². The van der Waals surface area contributed by atoms with E-state index in [2.05, 4.69) is 42.4 Å². The molecule has 24 heavy (non-hydrogen) atoms. The van der Waals surface area contributed by atoms with Crippen LogP contribution in [0.1, 0.15) is 16.7 Å². The number of hydrogen-bond acceptors (Lipinski definition) is 3. The lowest BCUT2D eigenvalue weighted by Crippen LogP contribution is -2.23. The molecule has 2 aromatic carbocycles. The summed E-state index contributed by atoms with van der Waals surface area (Å²) in [5.41, 5.74) is 10.6. The van der Waals surface area contributed by atoms with E-state index in [0.717, 1.165) is 12.1 Å². The second kappa shape index (κ2) is 8.24. The molecule has 2 rings (SSSR count). The van der Waals surface area contributed by atoms with E-state index < -0.39 is 0 Å². The van der Waals surface area contributed by atoms with Gasteiger partial charge in [-0.15, -0.1) is 0 Å². The highest BCUT2D eigenvalue weighted by Gasteiger charge is 2.05. The number of benzene rings is 2. The minimum atomic E-state index is 0.381. The predicted molar refractivity (Wildman–Crippen MR) is 99.3 cm³/mol. The molecule has 0 heterocycles.